The van der Waals surface area contributed by atoms with Crippen LogP contribution in [0.25, 0.3) is 33.7 Å². The quantitative estimate of drug-likeness (QED) is 0.577. The predicted octanol–water partition coefficient (Wildman–Crippen LogP) is 3.13. The van der Waals surface area contributed by atoms with Crippen molar-refractivity contribution in [2.45, 2.75) is 26.4 Å². The first-order chi connectivity index (χ1) is 14.2. The molecule has 4 aromatic rings. The van der Waals surface area contributed by atoms with Crippen molar-refractivity contribution in [2.75, 3.05) is 24.7 Å². The van der Waals surface area contributed by atoms with Crippen molar-refractivity contribution in [3.63, 3.8) is 0 Å². The number of H-pyrrole nitrogens is 1. The molecule has 1 N–H and O–H groups in total. The molecule has 4 aromatic heterocycles. The Morgan fingerprint density at radius 1 is 1.17 bits per heavy atom. The second-order valence-corrected chi connectivity index (χ2v) is 7.19. The van der Waals surface area contributed by atoms with E-state index < -0.39 is 0 Å². The molecule has 0 bridgehead atoms. The van der Waals surface area contributed by atoms with Crippen molar-refractivity contribution in [1.82, 2.24) is 29.7 Å². The summed E-state index contributed by atoms with van der Waals surface area (Å²) < 4.78 is 7.57. The number of nitrogens with one attached hydrogen (secondary N) is 1. The Bertz CT molecular complexity index is 1150. The molecular weight excluding hydrogens is 366 g/mol. The average Bonchev–Trinajstić information content (AvgIpc) is 3.42. The molecular formula is C21H23N7O. The van der Waals surface area contributed by atoms with E-state index in [1.807, 2.05) is 47.5 Å². The maximum absolute atomic E-state index is 5.61. The molecule has 0 radical (unpaired) electrons. The van der Waals surface area contributed by atoms with Gasteiger partial charge in [0, 0.05) is 42.6 Å². The number of hydrogen-bond acceptors (Lipinski definition) is 6. The number of aromatic nitrogens is 6. The van der Waals surface area contributed by atoms with Gasteiger partial charge in [0.1, 0.15) is 5.65 Å². The lowest BCUT2D eigenvalue weighted by atomic mass is 10.1. The Labute approximate surface area is 168 Å². The van der Waals surface area contributed by atoms with Crippen LogP contribution in [0.4, 0.5) is 5.95 Å². The molecule has 0 saturated carbocycles. The zero-order chi connectivity index (χ0) is 19.8. The molecule has 5 heterocycles. The highest BCUT2D eigenvalue weighted by atomic mass is 16.5. The highest BCUT2D eigenvalue weighted by Gasteiger charge is 2.23. The summed E-state index contributed by atoms with van der Waals surface area (Å²) in [6, 6.07) is 8.30. The van der Waals surface area contributed by atoms with Gasteiger partial charge in [-0.2, -0.15) is 5.10 Å². The van der Waals surface area contributed by atoms with E-state index in [4.69, 9.17) is 14.7 Å². The smallest absolute Gasteiger partial charge is 0.226 e. The first-order valence-corrected chi connectivity index (χ1v) is 9.92. The van der Waals surface area contributed by atoms with Gasteiger partial charge < -0.3 is 14.6 Å². The lowest BCUT2D eigenvalue weighted by molar-refractivity contribution is 0.0981. The van der Waals surface area contributed by atoms with Crippen molar-refractivity contribution in [3.8, 4) is 22.6 Å². The van der Waals surface area contributed by atoms with Gasteiger partial charge in [0.15, 0.2) is 0 Å². The van der Waals surface area contributed by atoms with Crippen molar-refractivity contribution >= 4 is 17.0 Å². The van der Waals surface area contributed by atoms with Gasteiger partial charge >= 0.3 is 0 Å². The molecule has 1 atom stereocenters. The van der Waals surface area contributed by atoms with E-state index in [0.29, 0.717) is 13.2 Å². The van der Waals surface area contributed by atoms with Gasteiger partial charge in [0.2, 0.25) is 5.95 Å². The van der Waals surface area contributed by atoms with Crippen LogP contribution in [-0.2, 0) is 11.3 Å². The van der Waals surface area contributed by atoms with Gasteiger partial charge in [-0.15, -0.1) is 0 Å². The zero-order valence-electron chi connectivity index (χ0n) is 16.5. The number of nitrogens with zero attached hydrogens (tertiary/aromatic N) is 6. The van der Waals surface area contributed by atoms with E-state index in [1.165, 1.54) is 0 Å². The van der Waals surface area contributed by atoms with Crippen LogP contribution in [0.5, 0.6) is 0 Å². The molecule has 148 valence electrons. The van der Waals surface area contributed by atoms with Gasteiger partial charge in [0.05, 0.1) is 36.3 Å². The Balaban J connectivity index is 1.71. The van der Waals surface area contributed by atoms with Crippen molar-refractivity contribution < 1.29 is 4.74 Å². The van der Waals surface area contributed by atoms with Crippen LogP contribution in [0.3, 0.4) is 0 Å². The normalized spacial score (nSPS) is 17.2. The minimum absolute atomic E-state index is 0.215. The number of hydrogen-bond donors (Lipinski definition) is 1. The van der Waals surface area contributed by atoms with Gasteiger partial charge in [-0.25, -0.2) is 15.0 Å². The van der Waals surface area contributed by atoms with E-state index >= 15 is 0 Å². The molecule has 1 aliphatic heterocycles. The second kappa shape index (κ2) is 7.29. The Kier molecular flexibility index (Phi) is 4.48. The molecule has 0 amide bonds. The van der Waals surface area contributed by atoms with E-state index in [0.717, 1.165) is 52.7 Å². The molecule has 8 nitrogen and oxygen atoms in total. The van der Waals surface area contributed by atoms with Crippen LogP contribution in [0.2, 0.25) is 0 Å². The number of ether oxygens (including phenoxy) is 1. The minimum Gasteiger partial charge on any atom is -0.377 e. The first kappa shape index (κ1) is 17.8. The molecule has 1 saturated heterocycles. The maximum atomic E-state index is 5.61. The average molecular weight is 389 g/mol. The number of morpholine rings is 1. The second-order valence-electron chi connectivity index (χ2n) is 7.19. The standard InChI is InChI=1S/C21H23N7O/c1-3-28-19(6-9-24-28)18-12-17(15-4-7-22-20-16(15)5-8-23-20)25-21(26-18)27-10-11-29-13-14(27)2/h4-9,12,14H,3,10-11,13H2,1-2H3,(H,22,23). The molecule has 1 fully saturated rings. The third-order valence-corrected chi connectivity index (χ3v) is 5.35. The van der Waals surface area contributed by atoms with Crippen LogP contribution < -0.4 is 4.90 Å². The van der Waals surface area contributed by atoms with E-state index in [1.54, 1.807) is 0 Å². The summed E-state index contributed by atoms with van der Waals surface area (Å²) in [5.41, 5.74) is 4.60. The van der Waals surface area contributed by atoms with Crippen molar-refractivity contribution in [3.05, 3.63) is 42.9 Å². The number of anilines is 1. The monoisotopic (exact) mass is 389 g/mol. The maximum Gasteiger partial charge on any atom is 0.226 e. The molecule has 0 aliphatic carbocycles. The molecule has 0 spiro atoms. The Morgan fingerprint density at radius 2 is 2.07 bits per heavy atom. The van der Waals surface area contributed by atoms with Gasteiger partial charge in [-0.05, 0) is 38.1 Å². The van der Waals surface area contributed by atoms with Crippen molar-refractivity contribution in [1.29, 1.82) is 0 Å². The molecule has 1 unspecified atom stereocenters. The third-order valence-electron chi connectivity index (χ3n) is 5.35. The predicted molar refractivity (Wildman–Crippen MR) is 112 cm³/mol. The lowest BCUT2D eigenvalue weighted by Gasteiger charge is -2.33. The molecule has 0 aromatic carbocycles. The largest absolute Gasteiger partial charge is 0.377 e. The topological polar surface area (TPSA) is 84.8 Å². The van der Waals surface area contributed by atoms with Crippen LogP contribution in [0.1, 0.15) is 13.8 Å². The highest BCUT2D eigenvalue weighted by molar-refractivity contribution is 5.92. The number of fused-ring (bicyclic) bond motifs is 1. The van der Waals surface area contributed by atoms with Crippen LogP contribution >= 0.6 is 0 Å². The minimum atomic E-state index is 0.215. The lowest BCUT2D eigenvalue weighted by Crippen LogP contribution is -2.44. The number of rotatable bonds is 4. The Morgan fingerprint density at radius 3 is 2.93 bits per heavy atom. The summed E-state index contributed by atoms with van der Waals surface area (Å²) in [7, 11) is 0. The number of pyridine rings is 1. The van der Waals surface area contributed by atoms with Gasteiger partial charge in [-0.1, -0.05) is 0 Å². The first-order valence-electron chi connectivity index (χ1n) is 9.92. The van der Waals surface area contributed by atoms with Crippen LogP contribution in [0, 0.1) is 0 Å². The number of aryl methyl sites for hydroxylation is 1. The van der Waals surface area contributed by atoms with Crippen molar-refractivity contribution in [2.24, 2.45) is 0 Å². The molecule has 8 heteroatoms. The van der Waals surface area contributed by atoms with E-state index in [9.17, 15) is 0 Å². The van der Waals surface area contributed by atoms with Crippen LogP contribution in [-0.4, -0.2) is 55.5 Å². The van der Waals surface area contributed by atoms with E-state index in [-0.39, 0.29) is 6.04 Å². The molecule has 29 heavy (non-hydrogen) atoms. The summed E-state index contributed by atoms with van der Waals surface area (Å²) >= 11 is 0. The molecule has 5 rings (SSSR count). The summed E-state index contributed by atoms with van der Waals surface area (Å²) in [6.45, 7) is 7.12. The summed E-state index contributed by atoms with van der Waals surface area (Å²) in [6.07, 6.45) is 5.53. The van der Waals surface area contributed by atoms with Crippen LogP contribution in [0.15, 0.2) is 42.9 Å². The van der Waals surface area contributed by atoms with E-state index in [2.05, 4.69) is 33.8 Å². The summed E-state index contributed by atoms with van der Waals surface area (Å²) in [5, 5.41) is 5.46. The zero-order valence-corrected chi connectivity index (χ0v) is 16.5. The fourth-order valence-corrected chi connectivity index (χ4v) is 3.84. The van der Waals surface area contributed by atoms with Gasteiger partial charge in [-0.3, -0.25) is 4.68 Å². The third kappa shape index (κ3) is 3.15. The summed E-state index contributed by atoms with van der Waals surface area (Å²) in [5.74, 6) is 0.720. The SMILES string of the molecule is CCn1nccc1-c1cc(-c2ccnc3[nH]ccc23)nc(N2CCOCC2C)n1. The fourth-order valence-electron chi connectivity index (χ4n) is 3.84. The van der Waals surface area contributed by atoms with Gasteiger partial charge in [0.25, 0.3) is 0 Å². The summed E-state index contributed by atoms with van der Waals surface area (Å²) in [4.78, 5) is 19.7. The fraction of sp³-hybridized carbons (Fsp3) is 0.333. The number of aromatic amines is 1. The molecule has 1 aliphatic rings. The highest BCUT2D eigenvalue weighted by Crippen LogP contribution is 2.31. The Hall–Kier alpha value is -3.26.